The van der Waals surface area contributed by atoms with Crippen LogP contribution in [0.25, 0.3) is 5.65 Å². The van der Waals surface area contributed by atoms with Crippen molar-refractivity contribution in [3.8, 4) is 0 Å². The Bertz CT molecular complexity index is 827. The highest BCUT2D eigenvalue weighted by molar-refractivity contribution is 5.58. The molecule has 3 heterocycles. The van der Waals surface area contributed by atoms with Gasteiger partial charge in [-0.15, -0.1) is 0 Å². The summed E-state index contributed by atoms with van der Waals surface area (Å²) in [5.74, 6) is 0.472. The highest BCUT2D eigenvalue weighted by atomic mass is 16.1. The minimum atomic E-state index is -0.0294. The van der Waals surface area contributed by atoms with Crippen molar-refractivity contribution in [3.63, 3.8) is 0 Å². The molecular formula is C20H21N3O. The van der Waals surface area contributed by atoms with Crippen molar-refractivity contribution in [2.75, 3.05) is 6.54 Å². The third-order valence-electron chi connectivity index (χ3n) is 5.05. The third-order valence-corrected chi connectivity index (χ3v) is 5.05. The predicted octanol–water partition coefficient (Wildman–Crippen LogP) is 3.28. The number of hydrogen-bond acceptors (Lipinski definition) is 3. The molecule has 0 aliphatic carbocycles. The van der Waals surface area contributed by atoms with Gasteiger partial charge in [0.25, 0.3) is 0 Å². The monoisotopic (exact) mass is 319 g/mol. The quantitative estimate of drug-likeness (QED) is 0.693. The van der Waals surface area contributed by atoms with Crippen molar-refractivity contribution in [3.05, 3.63) is 72.2 Å². The Balaban J connectivity index is 1.51. The molecule has 1 aliphatic rings. The molecule has 0 spiro atoms. The molecule has 1 saturated heterocycles. The lowest BCUT2D eigenvalue weighted by molar-refractivity contribution is -0.114. The van der Waals surface area contributed by atoms with Crippen LogP contribution in [0, 0.1) is 0 Å². The Labute approximate surface area is 141 Å². The van der Waals surface area contributed by atoms with E-state index in [-0.39, 0.29) is 6.04 Å². The van der Waals surface area contributed by atoms with Crippen LogP contribution in [0.5, 0.6) is 0 Å². The van der Waals surface area contributed by atoms with Crippen LogP contribution >= 0.6 is 0 Å². The molecule has 2 aromatic heterocycles. The Hall–Kier alpha value is -2.46. The second-order valence-corrected chi connectivity index (χ2v) is 6.48. The summed E-state index contributed by atoms with van der Waals surface area (Å²) < 4.78 is 2.10. The van der Waals surface area contributed by atoms with Crippen LogP contribution in [0.4, 0.5) is 0 Å². The molecule has 1 aromatic carbocycles. The number of nitrogens with zero attached hydrogens (tertiary/aromatic N) is 3. The lowest BCUT2D eigenvalue weighted by Crippen LogP contribution is -2.42. The normalized spacial score (nSPS) is 21.8. The third kappa shape index (κ3) is 2.85. The minimum absolute atomic E-state index is 0.0294. The van der Waals surface area contributed by atoms with E-state index in [9.17, 15) is 4.79 Å². The number of pyridine rings is 1. The molecule has 4 nitrogen and oxygen atoms in total. The van der Waals surface area contributed by atoms with E-state index in [1.807, 2.05) is 36.7 Å². The van der Waals surface area contributed by atoms with Crippen molar-refractivity contribution in [2.24, 2.45) is 0 Å². The van der Waals surface area contributed by atoms with E-state index in [0.717, 1.165) is 43.6 Å². The number of rotatable bonds is 4. The van der Waals surface area contributed by atoms with E-state index in [0.29, 0.717) is 5.92 Å². The van der Waals surface area contributed by atoms with E-state index in [4.69, 9.17) is 0 Å². The van der Waals surface area contributed by atoms with Crippen LogP contribution in [0.2, 0.25) is 0 Å². The van der Waals surface area contributed by atoms with Crippen LogP contribution in [-0.4, -0.2) is 33.2 Å². The molecule has 2 atom stereocenters. The number of aromatic nitrogens is 2. The zero-order valence-corrected chi connectivity index (χ0v) is 13.6. The molecule has 0 radical (unpaired) electrons. The topological polar surface area (TPSA) is 37.6 Å². The Morgan fingerprint density at radius 1 is 1.12 bits per heavy atom. The minimum Gasteiger partial charge on any atom is -0.303 e. The molecule has 0 bridgehead atoms. The Kier molecular flexibility index (Phi) is 4.13. The first-order valence-electron chi connectivity index (χ1n) is 8.50. The number of piperidine rings is 1. The van der Waals surface area contributed by atoms with E-state index in [2.05, 4.69) is 38.6 Å². The molecule has 0 amide bonds. The molecular weight excluding hydrogens is 298 g/mol. The largest absolute Gasteiger partial charge is 0.303 e. The smallest absolute Gasteiger partial charge is 0.137 e. The summed E-state index contributed by atoms with van der Waals surface area (Å²) >= 11 is 0. The second-order valence-electron chi connectivity index (χ2n) is 6.48. The lowest BCUT2D eigenvalue weighted by Gasteiger charge is -2.36. The van der Waals surface area contributed by atoms with Gasteiger partial charge >= 0.3 is 0 Å². The molecule has 0 N–H and O–H groups in total. The lowest BCUT2D eigenvalue weighted by atomic mass is 9.85. The van der Waals surface area contributed by atoms with Gasteiger partial charge in [0.05, 0.1) is 17.9 Å². The average Bonchev–Trinajstić information content (AvgIpc) is 3.06. The fourth-order valence-corrected chi connectivity index (χ4v) is 3.72. The fourth-order valence-electron chi connectivity index (χ4n) is 3.72. The molecule has 1 aliphatic heterocycles. The van der Waals surface area contributed by atoms with Crippen LogP contribution < -0.4 is 0 Å². The molecule has 24 heavy (non-hydrogen) atoms. The van der Waals surface area contributed by atoms with Crippen LogP contribution in [-0.2, 0) is 11.3 Å². The van der Waals surface area contributed by atoms with Gasteiger partial charge in [0.2, 0.25) is 0 Å². The van der Waals surface area contributed by atoms with Crippen LogP contribution in [0.3, 0.4) is 0 Å². The molecule has 122 valence electrons. The zero-order valence-electron chi connectivity index (χ0n) is 13.6. The maximum absolute atomic E-state index is 11.7. The molecule has 0 saturated carbocycles. The van der Waals surface area contributed by atoms with Crippen molar-refractivity contribution in [1.82, 2.24) is 14.3 Å². The summed E-state index contributed by atoms with van der Waals surface area (Å²) in [6.45, 7) is 1.69. The van der Waals surface area contributed by atoms with Crippen molar-refractivity contribution in [2.45, 2.75) is 31.3 Å². The van der Waals surface area contributed by atoms with Gasteiger partial charge < -0.3 is 9.20 Å². The van der Waals surface area contributed by atoms with Gasteiger partial charge in [-0.2, -0.15) is 0 Å². The zero-order chi connectivity index (χ0) is 16.4. The van der Waals surface area contributed by atoms with Gasteiger partial charge in [-0.1, -0.05) is 36.4 Å². The van der Waals surface area contributed by atoms with Gasteiger partial charge in [-0.3, -0.25) is 4.90 Å². The van der Waals surface area contributed by atoms with Gasteiger partial charge in [0.1, 0.15) is 11.9 Å². The first kappa shape index (κ1) is 15.1. The van der Waals surface area contributed by atoms with E-state index >= 15 is 0 Å². The average molecular weight is 319 g/mol. The maximum Gasteiger partial charge on any atom is 0.137 e. The number of likely N-dealkylation sites (tertiary alicyclic amines) is 1. The van der Waals surface area contributed by atoms with Crippen molar-refractivity contribution in [1.29, 1.82) is 0 Å². The molecule has 1 fully saturated rings. The number of hydrogen-bond donors (Lipinski definition) is 0. The first-order valence-corrected chi connectivity index (χ1v) is 8.50. The molecule has 3 aromatic rings. The standard InChI is InChI=1S/C20H21N3O/c24-15-18-12-17(16-6-2-1-3-7-16)9-11-22(18)14-19-13-21-20-8-4-5-10-23(19)20/h1-8,10,13,15,17-18H,9,11-12,14H2. The number of benzene rings is 1. The summed E-state index contributed by atoms with van der Waals surface area (Å²) in [6.07, 6.45) is 7.04. The predicted molar refractivity (Wildman–Crippen MR) is 93.9 cm³/mol. The van der Waals surface area contributed by atoms with Gasteiger partial charge in [0, 0.05) is 12.7 Å². The second kappa shape index (κ2) is 6.57. The van der Waals surface area contributed by atoms with Crippen molar-refractivity contribution < 1.29 is 4.79 Å². The molecule has 4 heteroatoms. The number of imidazole rings is 1. The highest BCUT2D eigenvalue weighted by Crippen LogP contribution is 2.31. The van der Waals surface area contributed by atoms with Gasteiger partial charge in [0.15, 0.2) is 0 Å². The molecule has 4 rings (SSSR count). The summed E-state index contributed by atoms with van der Waals surface area (Å²) in [4.78, 5) is 18.4. The van der Waals surface area contributed by atoms with Crippen molar-refractivity contribution >= 4 is 11.9 Å². The fraction of sp³-hybridized carbons (Fsp3) is 0.300. The Morgan fingerprint density at radius 2 is 1.96 bits per heavy atom. The highest BCUT2D eigenvalue weighted by Gasteiger charge is 2.29. The number of carbonyl (C=O) groups excluding carboxylic acids is 1. The number of fused-ring (bicyclic) bond motifs is 1. The Morgan fingerprint density at radius 3 is 2.79 bits per heavy atom. The maximum atomic E-state index is 11.7. The van der Waals surface area contributed by atoms with Gasteiger partial charge in [-0.05, 0) is 43.0 Å². The van der Waals surface area contributed by atoms with E-state index in [1.165, 1.54) is 5.56 Å². The number of aldehydes is 1. The summed E-state index contributed by atoms with van der Waals surface area (Å²) in [5, 5.41) is 0. The van der Waals surface area contributed by atoms with E-state index < -0.39 is 0 Å². The summed E-state index contributed by atoms with van der Waals surface area (Å²) in [6, 6.07) is 16.5. The first-order chi connectivity index (χ1) is 11.8. The van der Waals surface area contributed by atoms with E-state index in [1.54, 1.807) is 0 Å². The SMILES string of the molecule is O=CC1CC(c2ccccc2)CCN1Cc1cnc2ccccn12. The van der Waals surface area contributed by atoms with Gasteiger partial charge in [-0.25, -0.2) is 4.98 Å². The van der Waals surface area contributed by atoms with Crippen LogP contribution in [0.1, 0.15) is 30.0 Å². The van der Waals surface area contributed by atoms with Crippen LogP contribution in [0.15, 0.2) is 60.9 Å². The summed E-state index contributed by atoms with van der Waals surface area (Å²) in [7, 11) is 0. The number of carbonyl (C=O) groups is 1. The molecule has 2 unspecified atom stereocenters. The summed E-state index contributed by atoms with van der Waals surface area (Å²) in [5.41, 5.74) is 3.43.